The molecule has 140 heavy (non-hydrogen) atoms. The van der Waals surface area contributed by atoms with E-state index >= 15 is 0 Å². The van der Waals surface area contributed by atoms with Crippen LogP contribution in [0.25, 0.3) is 162 Å². The van der Waals surface area contributed by atoms with Crippen LogP contribution in [0.1, 0.15) is 156 Å². The molecular formula is C128H110O11S. The molecule has 0 aromatic heterocycles. The van der Waals surface area contributed by atoms with Gasteiger partial charge in [0.1, 0.15) is 40.5 Å². The number of fused-ring (bicyclic) bond motifs is 5. The Bertz CT molecular complexity index is 8470. The number of hydrogen-bond acceptors (Lipinski definition) is 11. The first-order chi connectivity index (χ1) is 67.8. The Kier molecular flexibility index (Phi) is 30.7. The van der Waals surface area contributed by atoms with Gasteiger partial charge in [0.05, 0.1) is 10.6 Å². The summed E-state index contributed by atoms with van der Waals surface area (Å²) in [6, 6.07) is 125. The zero-order chi connectivity index (χ0) is 98.3. The average molecular weight is 1860 g/mol. The summed E-state index contributed by atoms with van der Waals surface area (Å²) in [7, 11) is -3.37. The van der Waals surface area contributed by atoms with E-state index in [1.807, 2.05) is 121 Å². The summed E-state index contributed by atoms with van der Waals surface area (Å²) in [5, 5.41) is 33.2. The van der Waals surface area contributed by atoms with E-state index in [1.54, 1.807) is 45.9 Å². The average Bonchev–Trinajstić information content (AvgIpc) is 0.744. The molecule has 0 N–H and O–H groups in total. The Morgan fingerprint density at radius 1 is 0.257 bits per heavy atom. The topological polar surface area (TPSA) is 188 Å². The number of hydrogen-bond donors (Lipinski definition) is 0. The lowest BCUT2D eigenvalue weighted by atomic mass is 9.87. The highest BCUT2D eigenvalue weighted by molar-refractivity contribution is 7.91. The van der Waals surface area contributed by atoms with Crippen molar-refractivity contribution < 1.29 is 51.6 Å². The molecule has 22 rings (SSSR count). The fourth-order valence-corrected chi connectivity index (χ4v) is 21.0. The number of Topliss-reactive ketones (excluding diaryl/α,β-unsaturated/α-hetero) is 9. The lowest BCUT2D eigenvalue weighted by molar-refractivity contribution is -0.119. The van der Waals surface area contributed by atoms with Crippen molar-refractivity contribution in [1.29, 1.82) is 0 Å². The largest absolute Gasteiger partial charge is 0.300 e. The van der Waals surface area contributed by atoms with Gasteiger partial charge in [-0.1, -0.05) is 359 Å². The second kappa shape index (κ2) is 44.1. The van der Waals surface area contributed by atoms with Crippen LogP contribution in [0.5, 0.6) is 0 Å². The van der Waals surface area contributed by atoms with Gasteiger partial charge in [0.15, 0.2) is 21.4 Å². The van der Waals surface area contributed by atoms with Crippen molar-refractivity contribution in [2.75, 3.05) is 5.75 Å². The fourth-order valence-electron chi connectivity index (χ4n) is 19.6. The molecule has 1 unspecified atom stereocenters. The molecule has 22 aromatic rings. The maximum absolute atomic E-state index is 12.6. The minimum Gasteiger partial charge on any atom is -0.300 e. The third-order valence-corrected chi connectivity index (χ3v) is 28.1. The quantitative estimate of drug-likeness (QED) is 0.0318. The van der Waals surface area contributed by atoms with E-state index in [4.69, 9.17) is 0 Å². The molecular weight excluding hydrogens is 1750 g/mol. The second-order valence-electron chi connectivity index (χ2n) is 36.5. The van der Waals surface area contributed by atoms with Crippen molar-refractivity contribution >= 4 is 213 Å². The molecule has 0 radical (unpaired) electrons. The lowest BCUT2D eigenvalue weighted by Gasteiger charge is -2.16. The van der Waals surface area contributed by atoms with Crippen molar-refractivity contribution in [1.82, 2.24) is 0 Å². The maximum Gasteiger partial charge on any atom is 0.178 e. The molecule has 0 bridgehead atoms. The zero-order valence-corrected chi connectivity index (χ0v) is 81.0. The van der Waals surface area contributed by atoms with Gasteiger partial charge in [-0.25, -0.2) is 8.42 Å². The van der Waals surface area contributed by atoms with Gasteiger partial charge in [0.2, 0.25) is 0 Å². The Labute approximate surface area is 815 Å². The van der Waals surface area contributed by atoms with Gasteiger partial charge in [0.25, 0.3) is 0 Å². The Hall–Kier alpha value is -15.8. The number of carbonyl (C=O) groups excluding carboxylic acids is 9. The monoisotopic (exact) mass is 1850 g/mol. The van der Waals surface area contributed by atoms with E-state index in [2.05, 4.69) is 237 Å². The Morgan fingerprint density at radius 3 is 1.16 bits per heavy atom. The summed E-state index contributed by atoms with van der Waals surface area (Å²) in [6.45, 7) is 13.2. The maximum atomic E-state index is 12.6. The number of benzene rings is 22. The molecule has 12 heteroatoms. The van der Waals surface area contributed by atoms with Crippen molar-refractivity contribution in [2.45, 2.75) is 137 Å². The molecule has 0 aliphatic carbocycles. The first-order valence-corrected chi connectivity index (χ1v) is 49.6. The summed E-state index contributed by atoms with van der Waals surface area (Å²) in [6.07, 6.45) is 5.66. The molecule has 0 saturated heterocycles. The first kappa shape index (κ1) is 97.3. The normalized spacial score (nSPS) is 11.5. The van der Waals surface area contributed by atoms with Crippen LogP contribution < -0.4 is 0 Å². The summed E-state index contributed by atoms with van der Waals surface area (Å²) in [5.74, 6) is 0.856. The molecule has 22 aromatic carbocycles. The summed E-state index contributed by atoms with van der Waals surface area (Å²) in [5.41, 5.74) is 8.64. The first-order valence-electron chi connectivity index (χ1n) is 47.9. The summed E-state index contributed by atoms with van der Waals surface area (Å²) < 4.78 is 24.1. The van der Waals surface area contributed by atoms with Crippen molar-refractivity contribution in [3.63, 3.8) is 0 Å². The van der Waals surface area contributed by atoms with Gasteiger partial charge in [0, 0.05) is 68.4 Å². The highest BCUT2D eigenvalue weighted by Gasteiger charge is 2.23. The van der Waals surface area contributed by atoms with E-state index in [-0.39, 0.29) is 87.9 Å². The molecule has 1 atom stereocenters. The fraction of sp³-hybridized carbons (Fsp3) is 0.164. The van der Waals surface area contributed by atoms with E-state index in [0.717, 1.165) is 95.6 Å². The molecule has 0 spiro atoms. The zero-order valence-electron chi connectivity index (χ0n) is 80.2. The molecule has 11 nitrogen and oxygen atoms in total. The van der Waals surface area contributed by atoms with E-state index in [0.29, 0.717) is 32.1 Å². The molecule has 0 saturated carbocycles. The smallest absolute Gasteiger partial charge is 0.178 e. The van der Waals surface area contributed by atoms with Gasteiger partial charge in [-0.15, -0.1) is 0 Å². The molecule has 694 valence electrons. The second-order valence-corrected chi connectivity index (χ2v) is 38.6. The Balaban J connectivity index is 0.000000118. The number of carbonyl (C=O) groups is 9. The number of rotatable bonds is 24. The van der Waals surface area contributed by atoms with Crippen LogP contribution in [0.2, 0.25) is 0 Å². The van der Waals surface area contributed by atoms with E-state index in [1.165, 1.54) is 140 Å². The number of ketones is 9. The predicted molar refractivity (Wildman–Crippen MR) is 581 cm³/mol. The number of sulfone groups is 1. The minimum atomic E-state index is -3.37. The van der Waals surface area contributed by atoms with Crippen molar-refractivity contribution in [3.8, 4) is 11.1 Å². The van der Waals surface area contributed by atoms with Gasteiger partial charge in [-0.05, 0) is 270 Å². The molecule has 0 aliphatic rings. The summed E-state index contributed by atoms with van der Waals surface area (Å²) >= 11 is 0. The lowest BCUT2D eigenvalue weighted by Crippen LogP contribution is -2.09. The van der Waals surface area contributed by atoms with Crippen LogP contribution in [0.15, 0.2) is 375 Å². The third-order valence-electron chi connectivity index (χ3n) is 26.4. The standard InChI is InChI=1S/C21H16O2.C21H18O.C21H20O.C19H16O2.C19H14O.C14H14O3S.C13H12O/c1-13(22)5-12-19(23)17-10-8-16-7-6-14-3-2-4-15-9-11-18(17)21(16)20(14)15;1-14(22)4-2-5-15-8-9-18-11-10-16-6-3-7-17-12-13-19(15)21(18)20(16)17;1-3-17(15(2)22)19-12-8-13-20-18(11-7-14-21(19)20)16-9-5-4-6-10-16;1-13(20)10-11-18(21)19-16-8-4-2-6-14(16)12-15-7-3-5-9-17(15)19;1-12(20)11-16-8-7-15-6-5-13-3-2-4-14-9-10-17(16)19(15)18(13)14;1-11(15)8-9-18(16,17)14-7-6-12-4-2-3-5-13(12)10-14;1-10(14)9-12-7-4-6-11-5-2-3-8-13(11)12/h2-4,6-11H,5,12H2,1H3;3,6-13H,2,4-5H2,1H3;4-14,17H,3H2,1-2H3;2-9,12H,10-11H2,1H3;2-10H,11H2,1H3;2-7,10H,8-9H2,1H3;2-8H,9H2,1H3. The third kappa shape index (κ3) is 22.2. The van der Waals surface area contributed by atoms with Crippen molar-refractivity contribution in [2.24, 2.45) is 0 Å². The number of aryl methyl sites for hydroxylation is 1. The van der Waals surface area contributed by atoms with Crippen LogP contribution in [-0.2, 0) is 62.7 Å². The van der Waals surface area contributed by atoms with Gasteiger partial charge in [-0.3, -0.25) is 28.8 Å². The highest BCUT2D eigenvalue weighted by Crippen LogP contribution is 2.42. The highest BCUT2D eigenvalue weighted by atomic mass is 32.2. The van der Waals surface area contributed by atoms with Gasteiger partial charge >= 0.3 is 0 Å². The van der Waals surface area contributed by atoms with Crippen LogP contribution in [-0.4, -0.2) is 66.2 Å². The van der Waals surface area contributed by atoms with E-state index in [9.17, 15) is 51.6 Å². The van der Waals surface area contributed by atoms with Crippen LogP contribution in [0.4, 0.5) is 0 Å². The van der Waals surface area contributed by atoms with Crippen molar-refractivity contribution in [3.05, 3.63) is 403 Å². The predicted octanol–water partition coefficient (Wildman–Crippen LogP) is 31.0. The van der Waals surface area contributed by atoms with Crippen LogP contribution >= 0.6 is 0 Å². The van der Waals surface area contributed by atoms with Crippen LogP contribution in [0.3, 0.4) is 0 Å². The van der Waals surface area contributed by atoms with Gasteiger partial charge in [-0.2, -0.15) is 0 Å². The molecule has 0 heterocycles. The Morgan fingerprint density at radius 2 is 0.636 bits per heavy atom. The summed E-state index contributed by atoms with van der Waals surface area (Å²) in [4.78, 5) is 104. The molecule has 0 aliphatic heterocycles. The van der Waals surface area contributed by atoms with E-state index < -0.39 is 9.84 Å². The molecule has 0 fully saturated rings. The SMILES string of the molecule is CC(=O)CCC(=O)c1c2ccccc2cc2ccccc12.CC(=O)CCC(=O)c1ccc2ccc3cccc4ccc1c2c34.CC(=O)CCCc1ccc2ccc3cccc4ccc1c2c34.CC(=O)CCS(=O)(=O)c1ccc2ccccc2c1.CC(=O)Cc1ccc2ccc3cccc4ccc1c2c34.CC(=O)Cc1cccc2ccccc12.CCC(C(C)=O)c1cccc2c(-c3ccccc3)cccc12. The van der Waals surface area contributed by atoms with Gasteiger partial charge < -0.3 is 14.4 Å². The minimum absolute atomic E-state index is 0.0188. The van der Waals surface area contributed by atoms with Crippen LogP contribution in [0, 0.1) is 0 Å². The molecule has 0 amide bonds.